The Morgan fingerprint density at radius 1 is 0.652 bits per heavy atom. The van der Waals surface area contributed by atoms with Gasteiger partial charge in [-0.25, -0.2) is 4.98 Å². The zero-order valence-corrected chi connectivity index (χ0v) is 27.9. The summed E-state index contributed by atoms with van der Waals surface area (Å²) in [6.45, 7) is 4.70. The smallest absolute Gasteiger partial charge is 0.141 e. The van der Waals surface area contributed by atoms with Crippen LogP contribution in [0.15, 0.2) is 107 Å². The number of rotatable bonds is 16. The van der Waals surface area contributed by atoms with Gasteiger partial charge in [0, 0.05) is 49.2 Å². The zero-order chi connectivity index (χ0) is 32.1. The van der Waals surface area contributed by atoms with E-state index in [9.17, 15) is 0 Å². The quantitative estimate of drug-likeness (QED) is 0.0840. The lowest BCUT2D eigenvalue weighted by atomic mass is 9.99. The van der Waals surface area contributed by atoms with Gasteiger partial charge in [0.05, 0.1) is 5.69 Å². The molecule has 0 aliphatic heterocycles. The van der Waals surface area contributed by atoms with Crippen LogP contribution in [0.2, 0.25) is 0 Å². The number of pyridine rings is 1. The van der Waals surface area contributed by atoms with Crippen LogP contribution in [0.25, 0.3) is 33.4 Å². The Labute approximate surface area is 275 Å². The highest BCUT2D eigenvalue weighted by Crippen LogP contribution is 2.33. The molecule has 0 unspecified atom stereocenters. The van der Waals surface area contributed by atoms with Crippen molar-refractivity contribution < 1.29 is 0 Å². The average Bonchev–Trinajstić information content (AvgIpc) is 3.47. The molecule has 0 N–H and O–H groups in total. The summed E-state index contributed by atoms with van der Waals surface area (Å²) in [6, 6.07) is 32.4. The summed E-state index contributed by atoms with van der Waals surface area (Å²) in [7, 11) is 8.46. The Kier molecular flexibility index (Phi) is 12.0. The third kappa shape index (κ3) is 9.56. The highest BCUT2D eigenvalue weighted by molar-refractivity contribution is 5.96. The molecule has 0 aliphatic rings. The third-order valence-corrected chi connectivity index (χ3v) is 8.12. The fourth-order valence-corrected chi connectivity index (χ4v) is 5.55. The van der Waals surface area contributed by atoms with Gasteiger partial charge in [-0.1, -0.05) is 78.9 Å². The predicted molar refractivity (Wildman–Crippen MR) is 197 cm³/mol. The summed E-state index contributed by atoms with van der Waals surface area (Å²) in [4.78, 5) is 19.0. The maximum Gasteiger partial charge on any atom is 0.141 e. The fourth-order valence-electron chi connectivity index (χ4n) is 5.55. The van der Waals surface area contributed by atoms with Crippen LogP contribution in [-0.4, -0.2) is 86.1 Å². The third-order valence-electron chi connectivity index (χ3n) is 8.12. The van der Waals surface area contributed by atoms with Gasteiger partial charge in [0.15, 0.2) is 0 Å². The fraction of sp³-hybridized carbons (Fsp3) is 0.325. The van der Waals surface area contributed by atoms with Crippen LogP contribution in [-0.2, 0) is 6.54 Å². The molecule has 0 saturated carbocycles. The molecule has 5 rings (SSSR count). The minimum Gasteiger partial charge on any atom is -0.328 e. The van der Waals surface area contributed by atoms with Crippen LogP contribution in [0.5, 0.6) is 0 Å². The summed E-state index contributed by atoms with van der Waals surface area (Å²) in [5.41, 5.74) is 8.89. The van der Waals surface area contributed by atoms with Crippen molar-refractivity contribution in [2.45, 2.75) is 32.2 Å². The first-order chi connectivity index (χ1) is 22.5. The maximum absolute atomic E-state index is 5.22. The van der Waals surface area contributed by atoms with Gasteiger partial charge in [0.25, 0.3) is 0 Å². The zero-order valence-electron chi connectivity index (χ0n) is 27.9. The van der Waals surface area contributed by atoms with Crippen molar-refractivity contribution in [1.82, 2.24) is 19.4 Å². The molecule has 3 aromatic carbocycles. The Bertz CT molecular complexity index is 1700. The Morgan fingerprint density at radius 3 is 1.78 bits per heavy atom. The van der Waals surface area contributed by atoms with E-state index < -0.39 is 0 Å². The number of hydrogen-bond donors (Lipinski definition) is 0. The van der Waals surface area contributed by atoms with Crippen LogP contribution in [0.1, 0.15) is 42.4 Å². The van der Waals surface area contributed by atoms with Crippen LogP contribution in [0.3, 0.4) is 0 Å². The van der Waals surface area contributed by atoms with E-state index in [1.165, 1.54) is 29.5 Å². The van der Waals surface area contributed by atoms with Gasteiger partial charge in [-0.15, -0.1) is 0 Å². The van der Waals surface area contributed by atoms with Gasteiger partial charge in [0.2, 0.25) is 0 Å². The van der Waals surface area contributed by atoms with E-state index in [4.69, 9.17) is 4.98 Å². The molecule has 0 atom stereocenters. The number of benzene rings is 3. The molecule has 46 heavy (non-hydrogen) atoms. The van der Waals surface area contributed by atoms with Gasteiger partial charge in [-0.3, -0.25) is 9.98 Å². The molecule has 0 bridgehead atoms. The Balaban J connectivity index is 1.38. The largest absolute Gasteiger partial charge is 0.328 e. The molecular weight excluding hydrogens is 564 g/mol. The van der Waals surface area contributed by atoms with Crippen LogP contribution >= 0.6 is 0 Å². The van der Waals surface area contributed by atoms with Crippen molar-refractivity contribution in [2.24, 2.45) is 9.98 Å². The topological polar surface area (TPSA) is 49.0 Å². The van der Waals surface area contributed by atoms with E-state index >= 15 is 0 Å². The lowest BCUT2D eigenvalue weighted by Crippen LogP contribution is -2.12. The second-order valence-corrected chi connectivity index (χ2v) is 12.6. The highest BCUT2D eigenvalue weighted by Gasteiger charge is 2.14. The molecule has 2 heterocycles. The van der Waals surface area contributed by atoms with Crippen molar-refractivity contribution in [3.8, 4) is 22.4 Å². The normalized spacial score (nSPS) is 12.0. The van der Waals surface area contributed by atoms with E-state index in [2.05, 4.69) is 150 Å². The molecule has 6 heteroatoms. The molecular formula is C40H48N6. The molecule has 6 nitrogen and oxygen atoms in total. The van der Waals surface area contributed by atoms with Crippen molar-refractivity contribution in [1.29, 1.82) is 0 Å². The summed E-state index contributed by atoms with van der Waals surface area (Å²) in [5.74, 6) is 0. The van der Waals surface area contributed by atoms with Crippen molar-refractivity contribution in [3.05, 3.63) is 114 Å². The number of fused-ring (bicyclic) bond motifs is 1. The standard InChI is InChI=1S/C40H48N6/c1-44(2)25-10-8-23-41-29-32-14-18-35(19-15-32)38-28-39(36-20-16-33(17-21-36)30-42-24-9-11-26-45(3)4)43-40-37(38)22-27-46(40)31-34-12-6-5-7-13-34/h5-7,12-22,27-30H,8-11,23-26,31H2,1-4H3/b41-29-,42-30+. The van der Waals surface area contributed by atoms with E-state index in [1.807, 2.05) is 12.4 Å². The first-order valence-corrected chi connectivity index (χ1v) is 16.5. The van der Waals surface area contributed by atoms with E-state index in [0.29, 0.717) is 0 Å². The molecule has 0 aliphatic carbocycles. The Morgan fingerprint density at radius 2 is 1.22 bits per heavy atom. The predicted octanol–water partition coefficient (Wildman–Crippen LogP) is 7.94. The second kappa shape index (κ2) is 16.8. The molecule has 0 amide bonds. The van der Waals surface area contributed by atoms with Crippen LogP contribution < -0.4 is 0 Å². The lowest BCUT2D eigenvalue weighted by Gasteiger charge is -2.11. The van der Waals surface area contributed by atoms with E-state index in [0.717, 1.165) is 79.0 Å². The van der Waals surface area contributed by atoms with Gasteiger partial charge in [-0.2, -0.15) is 0 Å². The highest BCUT2D eigenvalue weighted by atomic mass is 15.1. The molecule has 0 saturated heterocycles. The van der Waals surface area contributed by atoms with Gasteiger partial charge in [-0.05, 0) is 107 Å². The number of hydrogen-bond acceptors (Lipinski definition) is 5. The average molecular weight is 613 g/mol. The second-order valence-electron chi connectivity index (χ2n) is 12.6. The van der Waals surface area contributed by atoms with Gasteiger partial charge >= 0.3 is 0 Å². The minimum atomic E-state index is 0.772. The first kappa shape index (κ1) is 33.0. The first-order valence-electron chi connectivity index (χ1n) is 16.5. The van der Waals surface area contributed by atoms with Gasteiger partial charge in [0.1, 0.15) is 5.65 Å². The monoisotopic (exact) mass is 612 g/mol. The number of aromatic nitrogens is 2. The molecule has 0 spiro atoms. The lowest BCUT2D eigenvalue weighted by molar-refractivity contribution is 0.396. The molecule has 0 radical (unpaired) electrons. The van der Waals surface area contributed by atoms with Crippen molar-refractivity contribution >= 4 is 23.5 Å². The summed E-state index contributed by atoms with van der Waals surface area (Å²) in [5, 5.41) is 1.15. The van der Waals surface area contributed by atoms with Crippen molar-refractivity contribution in [2.75, 3.05) is 54.4 Å². The summed E-state index contributed by atoms with van der Waals surface area (Å²) in [6.07, 6.45) is 10.7. The van der Waals surface area contributed by atoms with Crippen molar-refractivity contribution in [3.63, 3.8) is 0 Å². The molecule has 238 valence electrons. The minimum absolute atomic E-state index is 0.772. The summed E-state index contributed by atoms with van der Waals surface area (Å²) >= 11 is 0. The maximum atomic E-state index is 5.22. The Hall–Kier alpha value is -4.39. The van der Waals surface area contributed by atoms with Crippen LogP contribution in [0, 0.1) is 0 Å². The van der Waals surface area contributed by atoms with Gasteiger partial charge < -0.3 is 14.4 Å². The molecule has 0 fully saturated rings. The number of unbranched alkanes of at least 4 members (excludes halogenated alkanes) is 2. The molecule has 2 aromatic heterocycles. The SMILES string of the molecule is CN(C)CCCC/N=C\c1ccc(-c2cc(-c3ccc(/C=N/CCCCN(C)C)cc3)nc3c2ccn3Cc2ccccc2)cc1. The van der Waals surface area contributed by atoms with E-state index in [-0.39, 0.29) is 0 Å². The van der Waals surface area contributed by atoms with Crippen LogP contribution in [0.4, 0.5) is 0 Å². The van der Waals surface area contributed by atoms with E-state index in [1.54, 1.807) is 0 Å². The summed E-state index contributed by atoms with van der Waals surface area (Å²) < 4.78 is 2.26. The number of aliphatic imine (C=N–C) groups is 2. The molecule has 5 aromatic rings. The number of nitrogens with zero attached hydrogens (tertiary/aromatic N) is 6.